The first-order valence-corrected chi connectivity index (χ1v) is 11.4. The molecule has 0 saturated carbocycles. The number of carbonyl (C=O) groups is 1. The number of nitrogens with zero attached hydrogens (tertiary/aromatic N) is 3. The molecule has 1 amide bonds. The van der Waals surface area contributed by atoms with Crippen LogP contribution in [0.25, 0.3) is 0 Å². The normalized spacial score (nSPS) is 21.4. The number of amides is 1. The Bertz CT molecular complexity index is 887. The molecule has 2 aliphatic rings. The zero-order chi connectivity index (χ0) is 21.4. The summed E-state index contributed by atoms with van der Waals surface area (Å²) < 4.78 is 1.81. The molecular formula is C25H36N4O. The summed E-state index contributed by atoms with van der Waals surface area (Å²) in [5.74, 6) is -0.0802. The topological polar surface area (TPSA) is 50.2 Å². The Morgan fingerprint density at radius 2 is 1.93 bits per heavy atom. The summed E-state index contributed by atoms with van der Waals surface area (Å²) in [6.07, 6.45) is 9.27. The third-order valence-corrected chi connectivity index (χ3v) is 7.05. The molecule has 1 aliphatic carbocycles. The molecule has 162 valence electrons. The van der Waals surface area contributed by atoms with Crippen molar-refractivity contribution in [3.8, 4) is 0 Å². The molecule has 2 heterocycles. The second-order valence-corrected chi connectivity index (χ2v) is 10.5. The molecule has 1 saturated heterocycles. The summed E-state index contributed by atoms with van der Waals surface area (Å²) in [6.45, 7) is 10.5. The fourth-order valence-electron chi connectivity index (χ4n) is 5.12. The average molecular weight is 409 g/mol. The molecule has 1 aromatic carbocycles. The highest BCUT2D eigenvalue weighted by Gasteiger charge is 2.42. The molecule has 5 nitrogen and oxygen atoms in total. The van der Waals surface area contributed by atoms with Crippen LogP contribution in [0.4, 0.5) is 0 Å². The van der Waals surface area contributed by atoms with Crippen molar-refractivity contribution in [1.82, 2.24) is 19.8 Å². The van der Waals surface area contributed by atoms with Crippen molar-refractivity contribution in [2.24, 2.45) is 12.5 Å². The zero-order valence-corrected chi connectivity index (χ0v) is 18.9. The summed E-state index contributed by atoms with van der Waals surface area (Å²) in [5.41, 5.74) is 3.91. The van der Waals surface area contributed by atoms with E-state index in [1.165, 1.54) is 50.0 Å². The highest BCUT2D eigenvalue weighted by molar-refractivity contribution is 5.92. The van der Waals surface area contributed by atoms with E-state index in [4.69, 9.17) is 0 Å². The molecule has 5 heteroatoms. The molecule has 0 unspecified atom stereocenters. The smallest absolute Gasteiger partial charge is 0.271 e. The number of rotatable bonds is 4. The minimum Gasteiger partial charge on any atom is -0.344 e. The fourth-order valence-corrected chi connectivity index (χ4v) is 5.12. The van der Waals surface area contributed by atoms with E-state index in [9.17, 15) is 4.79 Å². The molecule has 0 bridgehead atoms. The zero-order valence-electron chi connectivity index (χ0n) is 18.9. The maximum absolute atomic E-state index is 12.7. The number of fused-ring (bicyclic) bond motifs is 2. The van der Waals surface area contributed by atoms with E-state index in [2.05, 4.69) is 60.2 Å². The average Bonchev–Trinajstić information content (AvgIpc) is 3.16. The van der Waals surface area contributed by atoms with Crippen LogP contribution in [-0.2, 0) is 12.5 Å². The summed E-state index contributed by atoms with van der Waals surface area (Å²) in [5, 5.41) is 3.25. The number of likely N-dealkylation sites (tertiary alicyclic amines) is 1. The standard InChI is InChI=1S/C25H36N4O/c1-24(2,3)11-14-29-15-12-25(13-16-29)10-9-21(19-7-5-6-8-20(19)25)27-23(30)22-17-28(4)18-26-22/h5-8,17-18,21H,9-16H2,1-4H3,(H,27,30)/t21-/m0/s1. The molecule has 1 aromatic heterocycles. The van der Waals surface area contributed by atoms with E-state index in [-0.39, 0.29) is 17.4 Å². The molecule has 30 heavy (non-hydrogen) atoms. The maximum Gasteiger partial charge on any atom is 0.271 e. The van der Waals surface area contributed by atoms with Gasteiger partial charge in [0.1, 0.15) is 5.69 Å². The Kier molecular flexibility index (Phi) is 5.75. The molecule has 1 atom stereocenters. The van der Waals surface area contributed by atoms with Gasteiger partial charge in [0.15, 0.2) is 0 Å². The van der Waals surface area contributed by atoms with Crippen LogP contribution < -0.4 is 5.32 Å². The number of aromatic nitrogens is 2. The SMILES string of the molecule is Cn1cnc(C(=O)N[C@H]2CCC3(CCN(CCC(C)(C)C)CC3)c3ccccc32)c1. The van der Waals surface area contributed by atoms with Crippen molar-refractivity contribution in [2.45, 2.75) is 64.3 Å². The van der Waals surface area contributed by atoms with Crippen LogP contribution >= 0.6 is 0 Å². The van der Waals surface area contributed by atoms with Crippen LogP contribution in [0.1, 0.15) is 80.5 Å². The lowest BCUT2D eigenvalue weighted by molar-refractivity contribution is 0.0909. The van der Waals surface area contributed by atoms with Crippen LogP contribution in [0.3, 0.4) is 0 Å². The predicted molar refractivity (Wildman–Crippen MR) is 121 cm³/mol. The molecule has 4 rings (SSSR count). The number of imidazole rings is 1. The molecule has 1 aliphatic heterocycles. The number of hydrogen-bond donors (Lipinski definition) is 1. The summed E-state index contributed by atoms with van der Waals surface area (Å²) >= 11 is 0. The minimum atomic E-state index is -0.0802. The third-order valence-electron chi connectivity index (χ3n) is 7.05. The molecule has 1 N–H and O–H groups in total. The van der Waals surface area contributed by atoms with Crippen LogP contribution in [0.15, 0.2) is 36.8 Å². The van der Waals surface area contributed by atoms with Gasteiger partial charge in [0.25, 0.3) is 5.91 Å². The van der Waals surface area contributed by atoms with E-state index in [0.29, 0.717) is 11.1 Å². The first-order valence-electron chi connectivity index (χ1n) is 11.4. The number of nitrogens with one attached hydrogen (secondary N) is 1. The van der Waals surface area contributed by atoms with Gasteiger partial charge in [0.2, 0.25) is 0 Å². The highest BCUT2D eigenvalue weighted by Crippen LogP contribution is 2.48. The van der Waals surface area contributed by atoms with Crippen LogP contribution in [-0.4, -0.2) is 40.0 Å². The van der Waals surface area contributed by atoms with Crippen molar-refractivity contribution in [1.29, 1.82) is 0 Å². The third kappa shape index (κ3) is 4.46. The summed E-state index contributed by atoms with van der Waals surface area (Å²) in [4.78, 5) is 19.6. The van der Waals surface area contributed by atoms with Gasteiger partial charge in [-0.2, -0.15) is 0 Å². The van der Waals surface area contributed by atoms with Crippen molar-refractivity contribution >= 4 is 5.91 Å². The van der Waals surface area contributed by atoms with Crippen molar-refractivity contribution in [2.75, 3.05) is 19.6 Å². The van der Waals surface area contributed by atoms with Crippen LogP contribution in [0.5, 0.6) is 0 Å². The van der Waals surface area contributed by atoms with E-state index >= 15 is 0 Å². The van der Waals surface area contributed by atoms with Gasteiger partial charge in [-0.3, -0.25) is 4.79 Å². The number of hydrogen-bond acceptors (Lipinski definition) is 3. The van der Waals surface area contributed by atoms with Gasteiger partial charge in [-0.1, -0.05) is 45.0 Å². The summed E-state index contributed by atoms with van der Waals surface area (Å²) in [7, 11) is 1.89. The van der Waals surface area contributed by atoms with Crippen molar-refractivity contribution in [3.63, 3.8) is 0 Å². The second kappa shape index (κ2) is 8.18. The Morgan fingerprint density at radius 3 is 2.60 bits per heavy atom. The number of carbonyl (C=O) groups excluding carboxylic acids is 1. The molecular weight excluding hydrogens is 372 g/mol. The Balaban J connectivity index is 1.47. The number of benzene rings is 1. The lowest BCUT2D eigenvalue weighted by atomic mass is 9.63. The predicted octanol–water partition coefficient (Wildman–Crippen LogP) is 4.45. The quantitative estimate of drug-likeness (QED) is 0.813. The lowest BCUT2D eigenvalue weighted by Gasteiger charge is -2.47. The first-order chi connectivity index (χ1) is 14.3. The van der Waals surface area contributed by atoms with Crippen molar-refractivity contribution < 1.29 is 4.79 Å². The van der Waals surface area contributed by atoms with Crippen LogP contribution in [0, 0.1) is 5.41 Å². The lowest BCUT2D eigenvalue weighted by Crippen LogP contribution is -2.46. The molecule has 1 spiro atoms. The maximum atomic E-state index is 12.7. The van der Waals surface area contributed by atoms with E-state index in [1.807, 2.05) is 11.6 Å². The van der Waals surface area contributed by atoms with E-state index in [1.54, 1.807) is 12.5 Å². The Labute approximate surface area is 180 Å². The number of piperidine rings is 1. The van der Waals surface area contributed by atoms with E-state index < -0.39 is 0 Å². The van der Waals surface area contributed by atoms with Crippen LogP contribution in [0.2, 0.25) is 0 Å². The van der Waals surface area contributed by atoms with Gasteiger partial charge in [-0.05, 0) is 73.7 Å². The monoisotopic (exact) mass is 408 g/mol. The molecule has 2 aromatic rings. The van der Waals surface area contributed by atoms with Gasteiger partial charge < -0.3 is 14.8 Å². The molecule has 1 fully saturated rings. The van der Waals surface area contributed by atoms with Gasteiger partial charge in [0.05, 0.1) is 12.4 Å². The molecule has 0 radical (unpaired) electrons. The Morgan fingerprint density at radius 1 is 1.20 bits per heavy atom. The van der Waals surface area contributed by atoms with Gasteiger partial charge in [-0.25, -0.2) is 4.98 Å². The largest absolute Gasteiger partial charge is 0.344 e. The summed E-state index contributed by atoms with van der Waals surface area (Å²) in [6, 6.07) is 8.86. The van der Waals surface area contributed by atoms with Gasteiger partial charge in [-0.15, -0.1) is 0 Å². The van der Waals surface area contributed by atoms with Crippen molar-refractivity contribution in [3.05, 3.63) is 53.6 Å². The van der Waals surface area contributed by atoms with Gasteiger partial charge >= 0.3 is 0 Å². The highest BCUT2D eigenvalue weighted by atomic mass is 16.2. The number of aryl methyl sites for hydroxylation is 1. The Hall–Kier alpha value is -2.14. The first kappa shape index (κ1) is 21.1. The fraction of sp³-hybridized carbons (Fsp3) is 0.600. The van der Waals surface area contributed by atoms with Gasteiger partial charge in [0, 0.05) is 13.2 Å². The van der Waals surface area contributed by atoms with E-state index in [0.717, 1.165) is 12.8 Å². The minimum absolute atomic E-state index is 0.0697. The second-order valence-electron chi connectivity index (χ2n) is 10.5.